The summed E-state index contributed by atoms with van der Waals surface area (Å²) in [5, 5.41) is 6.05. The van der Waals surface area contributed by atoms with Crippen molar-refractivity contribution >= 4 is 23.7 Å². The van der Waals surface area contributed by atoms with Crippen LogP contribution in [-0.4, -0.2) is 31.7 Å². The minimum atomic E-state index is -0.964. The molecule has 8 heteroatoms. The largest absolute Gasteiger partial charge is 0.493 e. The van der Waals surface area contributed by atoms with E-state index in [1.807, 2.05) is 0 Å². The molecule has 2 amide bonds. The van der Waals surface area contributed by atoms with E-state index in [1.54, 1.807) is 24.3 Å². The summed E-state index contributed by atoms with van der Waals surface area (Å²) < 4.78 is 23.5. The Hall–Kier alpha value is -3.68. The molecule has 0 heterocycles. The molecular formula is C19H18FN3O4. The van der Waals surface area contributed by atoms with Gasteiger partial charge in [0.05, 0.1) is 13.3 Å². The Balaban J connectivity index is 1.93. The molecule has 0 fully saturated rings. The van der Waals surface area contributed by atoms with Crippen molar-refractivity contribution in [2.75, 3.05) is 19.0 Å². The van der Waals surface area contributed by atoms with Crippen molar-refractivity contribution in [3.8, 4) is 11.5 Å². The molecule has 140 valence electrons. The van der Waals surface area contributed by atoms with Crippen molar-refractivity contribution in [1.82, 2.24) is 5.43 Å². The van der Waals surface area contributed by atoms with Crippen LogP contribution in [0.15, 0.2) is 60.2 Å². The van der Waals surface area contributed by atoms with E-state index >= 15 is 0 Å². The molecule has 2 N–H and O–H groups in total. The van der Waals surface area contributed by atoms with Crippen molar-refractivity contribution in [2.45, 2.75) is 0 Å². The van der Waals surface area contributed by atoms with Crippen LogP contribution in [0, 0.1) is 5.82 Å². The minimum Gasteiger partial charge on any atom is -0.493 e. The fourth-order valence-corrected chi connectivity index (χ4v) is 1.97. The third kappa shape index (κ3) is 5.96. The van der Waals surface area contributed by atoms with Crippen LogP contribution in [0.2, 0.25) is 0 Å². The first-order valence-electron chi connectivity index (χ1n) is 7.85. The van der Waals surface area contributed by atoms with E-state index in [0.717, 1.165) is 0 Å². The minimum absolute atomic E-state index is 0.292. The van der Waals surface area contributed by atoms with Crippen LogP contribution < -0.4 is 20.2 Å². The van der Waals surface area contributed by atoms with Crippen molar-refractivity contribution < 1.29 is 23.5 Å². The Morgan fingerprint density at radius 3 is 2.56 bits per heavy atom. The molecule has 0 aromatic heterocycles. The van der Waals surface area contributed by atoms with Crippen LogP contribution in [0.4, 0.5) is 10.1 Å². The highest BCUT2D eigenvalue weighted by molar-refractivity contribution is 6.39. The summed E-state index contributed by atoms with van der Waals surface area (Å²) in [6.45, 7) is 3.91. The van der Waals surface area contributed by atoms with E-state index in [0.29, 0.717) is 29.4 Å². The van der Waals surface area contributed by atoms with Gasteiger partial charge in [-0.2, -0.15) is 5.10 Å². The summed E-state index contributed by atoms with van der Waals surface area (Å²) in [5.41, 5.74) is 3.02. The first-order valence-corrected chi connectivity index (χ1v) is 7.85. The number of hydrogen-bond donors (Lipinski definition) is 2. The van der Waals surface area contributed by atoms with Crippen LogP contribution in [0.25, 0.3) is 0 Å². The van der Waals surface area contributed by atoms with Gasteiger partial charge in [0.1, 0.15) is 12.4 Å². The number of nitrogens with zero attached hydrogens (tertiary/aromatic N) is 1. The Bertz CT molecular complexity index is 851. The number of carbonyl (C=O) groups is 2. The van der Waals surface area contributed by atoms with Crippen LogP contribution >= 0.6 is 0 Å². The smallest absolute Gasteiger partial charge is 0.329 e. The summed E-state index contributed by atoms with van der Waals surface area (Å²) in [5.74, 6) is -1.31. The highest BCUT2D eigenvalue weighted by Gasteiger charge is 2.12. The Labute approximate surface area is 155 Å². The lowest BCUT2D eigenvalue weighted by Gasteiger charge is -2.09. The van der Waals surface area contributed by atoms with E-state index in [-0.39, 0.29) is 0 Å². The van der Waals surface area contributed by atoms with Gasteiger partial charge in [-0.25, -0.2) is 9.82 Å². The fourth-order valence-electron chi connectivity index (χ4n) is 1.97. The van der Waals surface area contributed by atoms with E-state index < -0.39 is 17.6 Å². The molecule has 0 atom stereocenters. The van der Waals surface area contributed by atoms with Gasteiger partial charge in [0, 0.05) is 5.69 Å². The number of hydrazone groups is 1. The first-order chi connectivity index (χ1) is 13.0. The Morgan fingerprint density at radius 2 is 1.89 bits per heavy atom. The summed E-state index contributed by atoms with van der Waals surface area (Å²) >= 11 is 0. The molecule has 0 aliphatic heterocycles. The summed E-state index contributed by atoms with van der Waals surface area (Å²) in [6, 6.07) is 10.1. The van der Waals surface area contributed by atoms with Gasteiger partial charge in [0.2, 0.25) is 0 Å². The number of carbonyl (C=O) groups excluding carboxylic acids is 2. The number of halogens is 1. The number of rotatable bonds is 7. The Morgan fingerprint density at radius 1 is 1.15 bits per heavy atom. The van der Waals surface area contributed by atoms with Crippen LogP contribution in [0.1, 0.15) is 5.56 Å². The highest BCUT2D eigenvalue weighted by Crippen LogP contribution is 2.27. The molecule has 0 aliphatic rings. The van der Waals surface area contributed by atoms with Crippen LogP contribution in [0.5, 0.6) is 11.5 Å². The molecule has 0 saturated carbocycles. The number of nitrogens with one attached hydrogen (secondary N) is 2. The zero-order valence-electron chi connectivity index (χ0n) is 14.6. The first kappa shape index (κ1) is 19.6. The Kier molecular flexibility index (Phi) is 7.07. The summed E-state index contributed by atoms with van der Waals surface area (Å²) in [7, 11) is 1.50. The lowest BCUT2D eigenvalue weighted by Crippen LogP contribution is -2.32. The van der Waals surface area contributed by atoms with Crippen molar-refractivity contribution in [3.05, 3.63) is 66.5 Å². The SMILES string of the molecule is C=CCOc1ccc(/C=N\NC(=O)C(=O)Nc2ccc(F)cc2)cc1OC. The molecule has 2 aromatic carbocycles. The monoisotopic (exact) mass is 371 g/mol. The number of anilines is 1. The van der Waals surface area contributed by atoms with Gasteiger partial charge in [-0.15, -0.1) is 0 Å². The molecule has 0 unspecified atom stereocenters. The van der Waals surface area contributed by atoms with E-state index in [4.69, 9.17) is 9.47 Å². The summed E-state index contributed by atoms with van der Waals surface area (Å²) in [4.78, 5) is 23.5. The topological polar surface area (TPSA) is 89.0 Å². The van der Waals surface area contributed by atoms with E-state index in [2.05, 4.69) is 22.4 Å². The maximum atomic E-state index is 12.8. The molecule has 27 heavy (non-hydrogen) atoms. The normalized spacial score (nSPS) is 10.3. The second-order valence-corrected chi connectivity index (χ2v) is 5.17. The quantitative estimate of drug-likeness (QED) is 0.339. The van der Waals surface area contributed by atoms with Gasteiger partial charge in [-0.05, 0) is 48.0 Å². The van der Waals surface area contributed by atoms with Crippen molar-refractivity contribution in [2.24, 2.45) is 5.10 Å². The lowest BCUT2D eigenvalue weighted by atomic mass is 10.2. The van der Waals surface area contributed by atoms with E-state index in [9.17, 15) is 14.0 Å². The molecule has 0 radical (unpaired) electrons. The van der Waals surface area contributed by atoms with Gasteiger partial charge in [-0.1, -0.05) is 12.7 Å². The number of methoxy groups -OCH3 is 1. The van der Waals surface area contributed by atoms with Crippen molar-refractivity contribution in [1.29, 1.82) is 0 Å². The van der Waals surface area contributed by atoms with E-state index in [1.165, 1.54) is 37.6 Å². The predicted molar refractivity (Wildman–Crippen MR) is 99.5 cm³/mol. The van der Waals surface area contributed by atoms with Gasteiger partial charge in [0.15, 0.2) is 11.5 Å². The molecule has 7 nitrogen and oxygen atoms in total. The van der Waals surface area contributed by atoms with Crippen LogP contribution in [-0.2, 0) is 9.59 Å². The lowest BCUT2D eigenvalue weighted by molar-refractivity contribution is -0.136. The fraction of sp³-hybridized carbons (Fsp3) is 0.105. The molecule has 0 saturated heterocycles. The third-order valence-corrected chi connectivity index (χ3v) is 3.23. The second-order valence-electron chi connectivity index (χ2n) is 5.17. The van der Waals surface area contributed by atoms with Crippen molar-refractivity contribution in [3.63, 3.8) is 0 Å². The molecule has 0 aliphatic carbocycles. The average molecular weight is 371 g/mol. The molecule has 2 rings (SSSR count). The second kappa shape index (κ2) is 9.71. The number of amides is 2. The number of ether oxygens (including phenoxy) is 2. The number of benzene rings is 2. The van der Waals surface area contributed by atoms with Gasteiger partial charge in [-0.3, -0.25) is 9.59 Å². The number of hydrogen-bond acceptors (Lipinski definition) is 5. The van der Waals surface area contributed by atoms with Gasteiger partial charge in [0.25, 0.3) is 0 Å². The maximum Gasteiger partial charge on any atom is 0.329 e. The standard InChI is InChI=1S/C19H18FN3O4/c1-3-10-27-16-9-4-13(11-17(16)26-2)12-21-23-19(25)18(24)22-15-7-5-14(20)6-8-15/h3-9,11-12H,1,10H2,2H3,(H,22,24)(H,23,25)/b21-12-. The average Bonchev–Trinajstić information content (AvgIpc) is 2.68. The zero-order chi connectivity index (χ0) is 19.6. The predicted octanol–water partition coefficient (Wildman–Crippen LogP) is 2.49. The maximum absolute atomic E-state index is 12.8. The third-order valence-electron chi connectivity index (χ3n) is 3.23. The molecule has 0 bridgehead atoms. The molecule has 2 aromatic rings. The van der Waals surface area contributed by atoms with Gasteiger partial charge >= 0.3 is 11.8 Å². The van der Waals surface area contributed by atoms with Gasteiger partial charge < -0.3 is 14.8 Å². The highest BCUT2D eigenvalue weighted by atomic mass is 19.1. The summed E-state index contributed by atoms with van der Waals surface area (Å²) in [6.07, 6.45) is 2.96. The zero-order valence-corrected chi connectivity index (χ0v) is 14.6. The molecule has 0 spiro atoms. The molecular weight excluding hydrogens is 353 g/mol. The van der Waals surface area contributed by atoms with Crippen LogP contribution in [0.3, 0.4) is 0 Å².